The monoisotopic (exact) mass is 1490 g/mol. The smallest absolute Gasteiger partial charge is 0.465 e. The Morgan fingerprint density at radius 1 is 0.533 bits per heavy atom. The number of hydrogen-bond acceptors (Lipinski definition) is 14. The molecule has 0 aliphatic rings. The highest BCUT2D eigenvalue weighted by Gasteiger charge is 2.17. The van der Waals surface area contributed by atoms with Gasteiger partial charge in [-0.15, -0.1) is 0 Å². The van der Waals surface area contributed by atoms with Crippen molar-refractivity contribution in [2.75, 3.05) is 7.11 Å². The number of aromatic nitrogens is 6. The summed E-state index contributed by atoms with van der Waals surface area (Å²) in [5.41, 5.74) is 4.18. The number of nitrogens with zero attached hydrogens (tertiary/aromatic N) is 6. The molecule has 3 aromatic carbocycles. The summed E-state index contributed by atoms with van der Waals surface area (Å²) in [6, 6.07) is 21.0. The number of rotatable bonds is 9. The molecule has 5 N–H and O–H groups in total. The molecule has 0 saturated carbocycles. The van der Waals surface area contributed by atoms with Crippen LogP contribution in [0.25, 0.3) is 28.6 Å². The number of carbonyl (C=O) groups is 2. The molecule has 0 spiro atoms. The molecular weight excluding hydrogens is 1450 g/mol. The molecule has 0 aliphatic carbocycles. The van der Waals surface area contributed by atoms with Crippen LogP contribution in [0.4, 0.5) is 13.2 Å². The van der Waals surface area contributed by atoms with Gasteiger partial charge in [0.25, 0.3) is 0 Å². The Morgan fingerprint density at radius 3 is 1.32 bits per heavy atom. The first-order valence-electron chi connectivity index (χ1n) is 24.3. The zero-order valence-electron chi connectivity index (χ0n) is 45.6. The van der Waals surface area contributed by atoms with Crippen molar-refractivity contribution in [1.29, 1.82) is 0 Å². The normalized spacial score (nSPS) is 10.7. The van der Waals surface area contributed by atoms with Crippen molar-refractivity contribution < 1.29 is 52.9 Å². The topological polar surface area (TPSA) is 222 Å². The van der Waals surface area contributed by atoms with Gasteiger partial charge in [0.1, 0.15) is 38.1 Å². The first kappa shape index (κ1) is 81.0. The van der Waals surface area contributed by atoms with E-state index in [9.17, 15) is 27.9 Å². The maximum Gasteiger partial charge on any atom is 0.491 e. The lowest BCUT2D eigenvalue weighted by Crippen LogP contribution is -2.32. The van der Waals surface area contributed by atoms with Crippen molar-refractivity contribution in [3.05, 3.63) is 251 Å². The highest BCUT2D eigenvalue weighted by molar-refractivity contribution is 6.59. The highest BCUT2D eigenvalue weighted by atomic mass is 35.5. The van der Waals surface area contributed by atoms with Gasteiger partial charge in [0, 0.05) is 91.1 Å². The Hall–Kier alpha value is -5.14. The Kier molecular flexibility index (Phi) is 36.7. The fourth-order valence-electron chi connectivity index (χ4n) is 6.19. The van der Waals surface area contributed by atoms with E-state index in [4.69, 9.17) is 171 Å². The minimum Gasteiger partial charge on any atom is -0.465 e. The number of benzene rings is 3. The standard InChI is InChI=1S/C13H10Cl2FNO.C13H8Cl2FN.C7H5Cl2NO2.C7H7Cl2NO.C6H5BClFO2.C6H5Cl2NO.C6H3Cl2NO.CH4/c1-7(18)10-6-17-13(5-11(10)15)9-4-8(14)2-3-12(9)16;1-2-8-7-17-13(6-11(8)15)10-5-9(14)3-4-12(10)16;1-12-7(11)4-3-10-6(9)2-5(4)8;1-4(11)5-3-10-7(9)2-6(5)8;8-4-1-2-6(9)5(3-4)7(10)11;2*7-5-1-6(8)9-2-4(5)3-10;/h2-7,18H,1H3;2-7H,1H2;2-3H,1H3;2-4,11H,1H3;1-3,10-11H;1-2,10H,3H2;1-3H;1H4. The molecule has 2 atom stereocenters. The van der Waals surface area contributed by atoms with Gasteiger partial charge in [0.05, 0.1) is 78.6 Å². The van der Waals surface area contributed by atoms with Crippen LogP contribution < -0.4 is 5.46 Å². The van der Waals surface area contributed by atoms with Crippen LogP contribution in [-0.2, 0) is 11.3 Å². The average Bonchev–Trinajstić information content (AvgIpc) is 1.17. The van der Waals surface area contributed by atoms with E-state index in [-0.39, 0.29) is 56.8 Å². The fraction of sp³-hybridized carbons (Fsp3) is 0.119. The van der Waals surface area contributed by atoms with E-state index in [2.05, 4.69) is 41.2 Å². The van der Waals surface area contributed by atoms with Gasteiger partial charge in [-0.3, -0.25) is 14.8 Å². The third-order valence-corrected chi connectivity index (χ3v) is 14.2. The predicted octanol–water partition coefficient (Wildman–Crippen LogP) is 18.6. The number of pyridine rings is 6. The number of hydrogen-bond donors (Lipinski definition) is 5. The molecule has 0 amide bonds. The summed E-state index contributed by atoms with van der Waals surface area (Å²) in [6.07, 6.45) is 9.40. The van der Waals surface area contributed by atoms with Gasteiger partial charge < -0.3 is 30.1 Å². The fourth-order valence-corrected chi connectivity index (χ4v) is 9.05. The summed E-state index contributed by atoms with van der Waals surface area (Å²) in [5, 5.41) is 49.0. The maximum absolute atomic E-state index is 13.7. The SMILES string of the molecule is C.C=Cc1cnc(-c2cc(Cl)ccc2F)cc1Cl.CC(O)c1cnc(-c2cc(Cl)ccc2F)cc1Cl.CC(O)c1cnc(Cl)cc1Cl.COC(=O)c1cnc(Cl)cc1Cl.O=Cc1cnc(Cl)cc1Cl.OB(O)c1cc(Cl)ccc1F.OCc1cnc(Cl)cc1Cl. The van der Waals surface area contributed by atoms with Crippen molar-refractivity contribution in [3.63, 3.8) is 0 Å². The van der Waals surface area contributed by atoms with Crippen molar-refractivity contribution in [3.8, 4) is 22.5 Å². The molecule has 0 bridgehead atoms. The van der Waals surface area contributed by atoms with Crippen LogP contribution in [0.1, 0.15) is 76.5 Å². The lowest BCUT2D eigenvalue weighted by atomic mass is 9.80. The van der Waals surface area contributed by atoms with Crippen LogP contribution in [-0.4, -0.2) is 81.8 Å². The van der Waals surface area contributed by atoms with Gasteiger partial charge >= 0.3 is 13.1 Å². The molecular formula is C59H47BCl13F3N6O8. The summed E-state index contributed by atoms with van der Waals surface area (Å²) in [4.78, 5) is 44.2. The lowest BCUT2D eigenvalue weighted by molar-refractivity contribution is 0.0600. The number of aldehydes is 1. The van der Waals surface area contributed by atoms with Gasteiger partial charge in [-0.05, 0) is 105 Å². The number of ether oxygens (including phenoxy) is 1. The van der Waals surface area contributed by atoms with E-state index in [0.29, 0.717) is 96.5 Å². The quantitative estimate of drug-likeness (QED) is 0.0393. The molecule has 9 aromatic rings. The molecule has 2 unspecified atom stereocenters. The highest BCUT2D eigenvalue weighted by Crippen LogP contribution is 2.31. The molecule has 31 heteroatoms. The van der Waals surface area contributed by atoms with Crippen molar-refractivity contribution in [2.24, 2.45) is 0 Å². The van der Waals surface area contributed by atoms with Crippen LogP contribution >= 0.6 is 151 Å². The molecule has 9 rings (SSSR count). The average molecular weight is 1500 g/mol. The zero-order chi connectivity index (χ0) is 66.8. The molecule has 0 saturated heterocycles. The molecule has 14 nitrogen and oxygen atoms in total. The van der Waals surface area contributed by atoms with Gasteiger partial charge in [-0.1, -0.05) is 171 Å². The third-order valence-electron chi connectivity index (χ3n) is 10.6. The number of esters is 1. The van der Waals surface area contributed by atoms with Crippen LogP contribution in [0, 0.1) is 17.5 Å². The number of methoxy groups -OCH3 is 1. The lowest BCUT2D eigenvalue weighted by Gasteiger charge is -2.09. The second-order valence-corrected chi connectivity index (χ2v) is 22.2. The summed E-state index contributed by atoms with van der Waals surface area (Å²) in [7, 11) is -0.540. The summed E-state index contributed by atoms with van der Waals surface area (Å²) in [6.45, 7) is 6.71. The summed E-state index contributed by atoms with van der Waals surface area (Å²) in [5.74, 6) is -2.01. The third kappa shape index (κ3) is 26.8. The van der Waals surface area contributed by atoms with Gasteiger partial charge in [-0.25, -0.2) is 37.9 Å². The maximum atomic E-state index is 13.7. The minimum absolute atomic E-state index is 0. The van der Waals surface area contributed by atoms with E-state index in [0.717, 1.165) is 6.07 Å². The zero-order valence-corrected chi connectivity index (χ0v) is 55.4. The molecule has 476 valence electrons. The minimum atomic E-state index is -1.81. The van der Waals surface area contributed by atoms with E-state index in [1.54, 1.807) is 32.2 Å². The Balaban J connectivity index is 0.000000362. The second-order valence-electron chi connectivity index (χ2n) is 16.9. The Morgan fingerprint density at radius 2 is 0.922 bits per heavy atom. The molecule has 6 heterocycles. The van der Waals surface area contributed by atoms with E-state index >= 15 is 0 Å². The molecule has 0 radical (unpaired) electrons. The predicted molar refractivity (Wildman–Crippen MR) is 358 cm³/mol. The number of carbonyl (C=O) groups excluding carboxylic acids is 2. The van der Waals surface area contributed by atoms with Gasteiger partial charge in [0.15, 0.2) is 6.29 Å². The second kappa shape index (κ2) is 40.8. The van der Waals surface area contributed by atoms with Crippen molar-refractivity contribution >= 4 is 182 Å². The Bertz CT molecular complexity index is 3870. The van der Waals surface area contributed by atoms with Crippen molar-refractivity contribution in [2.45, 2.75) is 40.1 Å². The van der Waals surface area contributed by atoms with E-state index < -0.39 is 36.9 Å². The number of halogens is 16. The van der Waals surface area contributed by atoms with Crippen LogP contribution in [0.5, 0.6) is 0 Å². The van der Waals surface area contributed by atoms with Crippen LogP contribution in [0.3, 0.4) is 0 Å². The van der Waals surface area contributed by atoms with E-state index in [1.807, 2.05) is 0 Å². The largest absolute Gasteiger partial charge is 0.491 e. The molecule has 6 aromatic heterocycles. The van der Waals surface area contributed by atoms with Gasteiger partial charge in [0.2, 0.25) is 0 Å². The molecule has 0 fully saturated rings. The molecule has 90 heavy (non-hydrogen) atoms. The van der Waals surface area contributed by atoms with E-state index in [1.165, 1.54) is 117 Å². The van der Waals surface area contributed by atoms with Gasteiger partial charge in [-0.2, -0.15) is 0 Å². The van der Waals surface area contributed by atoms with Crippen LogP contribution in [0.15, 0.2) is 135 Å². The van der Waals surface area contributed by atoms with Crippen molar-refractivity contribution in [1.82, 2.24) is 29.9 Å². The summed E-state index contributed by atoms with van der Waals surface area (Å²) >= 11 is 73.8. The number of aliphatic hydroxyl groups excluding tert-OH is 3. The number of aliphatic hydroxyl groups is 3. The first-order chi connectivity index (χ1) is 41.9. The first-order valence-corrected chi connectivity index (χ1v) is 29.2. The summed E-state index contributed by atoms with van der Waals surface area (Å²) < 4.78 is 44.4. The van der Waals surface area contributed by atoms with Crippen LogP contribution in [0.2, 0.25) is 65.8 Å². The Labute approximate surface area is 580 Å². The molecule has 0 aliphatic heterocycles.